The molecule has 0 bridgehead atoms. The molecule has 3 N–H and O–H groups in total. The topological polar surface area (TPSA) is 117 Å². The molecule has 0 aliphatic carbocycles. The number of aryl methyl sites for hydroxylation is 1. The van der Waals surface area contributed by atoms with Crippen LogP contribution >= 0.6 is 0 Å². The number of amides is 2. The third-order valence-corrected chi connectivity index (χ3v) is 3.29. The summed E-state index contributed by atoms with van der Waals surface area (Å²) < 4.78 is 0. The summed E-state index contributed by atoms with van der Waals surface area (Å²) in [5.41, 5.74) is 0.993. The van der Waals surface area contributed by atoms with Gasteiger partial charge in [-0.2, -0.15) is 0 Å². The van der Waals surface area contributed by atoms with Gasteiger partial charge in [-0.25, -0.2) is 4.98 Å². The molecule has 0 unspecified atom stereocenters. The SMILES string of the molecule is CC(=O)NCCNC(=O)Cc1c(C)nc(-c2ccccn2)[nH]c1=O. The van der Waals surface area contributed by atoms with Crippen molar-refractivity contribution in [1.29, 1.82) is 0 Å². The van der Waals surface area contributed by atoms with Gasteiger partial charge >= 0.3 is 0 Å². The Bertz CT molecular complexity index is 786. The van der Waals surface area contributed by atoms with Gasteiger partial charge in [0.2, 0.25) is 11.8 Å². The number of rotatable bonds is 6. The van der Waals surface area contributed by atoms with Crippen LogP contribution in [0.2, 0.25) is 0 Å². The smallest absolute Gasteiger partial charge is 0.255 e. The van der Waals surface area contributed by atoms with Crippen LogP contribution in [0.3, 0.4) is 0 Å². The molecule has 8 nitrogen and oxygen atoms in total. The average Bonchev–Trinajstić information content (AvgIpc) is 2.55. The van der Waals surface area contributed by atoms with Gasteiger partial charge in [0.1, 0.15) is 5.69 Å². The number of hydrogen-bond acceptors (Lipinski definition) is 5. The van der Waals surface area contributed by atoms with Crippen molar-refractivity contribution in [2.75, 3.05) is 13.1 Å². The lowest BCUT2D eigenvalue weighted by Gasteiger charge is -2.08. The van der Waals surface area contributed by atoms with E-state index in [9.17, 15) is 14.4 Å². The molecule has 2 aromatic heterocycles. The first-order valence-electron chi connectivity index (χ1n) is 7.49. The van der Waals surface area contributed by atoms with Crippen LogP contribution in [0.25, 0.3) is 11.5 Å². The fourth-order valence-corrected chi connectivity index (χ4v) is 2.11. The summed E-state index contributed by atoms with van der Waals surface area (Å²) in [7, 11) is 0. The molecule has 0 saturated carbocycles. The minimum absolute atomic E-state index is 0.0727. The molecule has 2 heterocycles. The molecule has 8 heteroatoms. The van der Waals surface area contributed by atoms with Crippen molar-refractivity contribution in [3.05, 3.63) is 46.0 Å². The first-order chi connectivity index (χ1) is 11.5. The van der Waals surface area contributed by atoms with E-state index in [0.29, 0.717) is 35.9 Å². The molecular weight excluding hydrogens is 310 g/mol. The van der Waals surface area contributed by atoms with E-state index in [1.807, 2.05) is 0 Å². The van der Waals surface area contributed by atoms with Gasteiger partial charge in [-0.3, -0.25) is 19.4 Å². The number of hydrogen-bond donors (Lipinski definition) is 3. The fraction of sp³-hybridized carbons (Fsp3) is 0.312. The number of aromatic amines is 1. The van der Waals surface area contributed by atoms with Crippen molar-refractivity contribution in [3.63, 3.8) is 0 Å². The summed E-state index contributed by atoms with van der Waals surface area (Å²) >= 11 is 0. The second kappa shape index (κ2) is 8.00. The van der Waals surface area contributed by atoms with E-state index in [2.05, 4.69) is 25.6 Å². The minimum atomic E-state index is -0.361. The van der Waals surface area contributed by atoms with Gasteiger partial charge in [-0.15, -0.1) is 0 Å². The number of carbonyl (C=O) groups excluding carboxylic acids is 2. The lowest BCUT2D eigenvalue weighted by molar-refractivity contribution is -0.121. The Morgan fingerprint density at radius 2 is 1.96 bits per heavy atom. The molecule has 0 radical (unpaired) electrons. The number of H-pyrrole nitrogens is 1. The normalized spacial score (nSPS) is 10.2. The van der Waals surface area contributed by atoms with Gasteiger partial charge in [0.25, 0.3) is 5.56 Å². The van der Waals surface area contributed by atoms with Crippen molar-refractivity contribution in [2.45, 2.75) is 20.3 Å². The molecule has 0 aliphatic heterocycles. The highest BCUT2D eigenvalue weighted by atomic mass is 16.2. The summed E-state index contributed by atoms with van der Waals surface area (Å²) in [6.45, 7) is 3.73. The van der Waals surface area contributed by atoms with E-state index < -0.39 is 0 Å². The Balaban J connectivity index is 2.05. The highest BCUT2D eigenvalue weighted by Crippen LogP contribution is 2.10. The Hall–Kier alpha value is -3.03. The van der Waals surface area contributed by atoms with Crippen molar-refractivity contribution in [1.82, 2.24) is 25.6 Å². The van der Waals surface area contributed by atoms with Gasteiger partial charge in [0.15, 0.2) is 5.82 Å². The Labute approximate surface area is 138 Å². The molecule has 24 heavy (non-hydrogen) atoms. The van der Waals surface area contributed by atoms with Crippen LogP contribution in [0.1, 0.15) is 18.2 Å². The number of carbonyl (C=O) groups is 2. The monoisotopic (exact) mass is 329 g/mol. The van der Waals surface area contributed by atoms with E-state index in [1.54, 1.807) is 31.3 Å². The van der Waals surface area contributed by atoms with E-state index in [0.717, 1.165) is 0 Å². The second-order valence-corrected chi connectivity index (χ2v) is 5.20. The molecular formula is C16H19N5O3. The summed E-state index contributed by atoms with van der Waals surface area (Å²) in [6.07, 6.45) is 1.54. The molecule has 0 aliphatic rings. The fourth-order valence-electron chi connectivity index (χ4n) is 2.11. The van der Waals surface area contributed by atoms with Gasteiger partial charge in [0, 0.05) is 37.5 Å². The largest absolute Gasteiger partial charge is 0.355 e. The maximum absolute atomic E-state index is 12.2. The third kappa shape index (κ3) is 4.73. The zero-order chi connectivity index (χ0) is 17.5. The van der Waals surface area contributed by atoms with Crippen molar-refractivity contribution in [3.8, 4) is 11.5 Å². The second-order valence-electron chi connectivity index (χ2n) is 5.20. The number of aromatic nitrogens is 3. The molecule has 2 rings (SSSR count). The van der Waals surface area contributed by atoms with Gasteiger partial charge in [-0.1, -0.05) is 6.07 Å². The quantitative estimate of drug-likeness (QED) is 0.642. The van der Waals surface area contributed by atoms with Crippen LogP contribution in [-0.2, 0) is 16.0 Å². The average molecular weight is 329 g/mol. The minimum Gasteiger partial charge on any atom is -0.355 e. The summed E-state index contributed by atoms with van der Waals surface area (Å²) in [5, 5.41) is 5.21. The van der Waals surface area contributed by atoms with Crippen LogP contribution in [0.5, 0.6) is 0 Å². The Morgan fingerprint density at radius 1 is 1.21 bits per heavy atom. The maximum Gasteiger partial charge on any atom is 0.255 e. The summed E-state index contributed by atoms with van der Waals surface area (Å²) in [6, 6.07) is 5.31. The van der Waals surface area contributed by atoms with Gasteiger partial charge < -0.3 is 15.6 Å². The van der Waals surface area contributed by atoms with Gasteiger partial charge in [-0.05, 0) is 19.1 Å². The number of nitrogens with one attached hydrogen (secondary N) is 3. The van der Waals surface area contributed by atoms with Crippen LogP contribution in [-0.4, -0.2) is 39.9 Å². The Morgan fingerprint density at radius 3 is 2.58 bits per heavy atom. The lowest BCUT2D eigenvalue weighted by atomic mass is 10.1. The standard InChI is InChI=1S/C16H19N5O3/c1-10-12(9-14(23)19-8-7-17-11(2)22)16(24)21-15(20-10)13-5-3-4-6-18-13/h3-6H,7-9H2,1-2H3,(H,17,22)(H,19,23)(H,20,21,24). The summed E-state index contributed by atoms with van der Waals surface area (Å²) in [5.74, 6) is -0.0971. The molecule has 0 aromatic carbocycles. The molecule has 0 spiro atoms. The highest BCUT2D eigenvalue weighted by Gasteiger charge is 2.13. The molecule has 0 fully saturated rings. The van der Waals surface area contributed by atoms with Crippen molar-refractivity contribution in [2.24, 2.45) is 0 Å². The van der Waals surface area contributed by atoms with Crippen LogP contribution < -0.4 is 16.2 Å². The van der Waals surface area contributed by atoms with E-state index in [1.165, 1.54) is 6.92 Å². The molecule has 0 saturated heterocycles. The zero-order valence-electron chi connectivity index (χ0n) is 13.5. The lowest BCUT2D eigenvalue weighted by Crippen LogP contribution is -2.35. The van der Waals surface area contributed by atoms with E-state index >= 15 is 0 Å². The summed E-state index contributed by atoms with van der Waals surface area (Å²) in [4.78, 5) is 46.0. The Kier molecular flexibility index (Phi) is 5.78. The number of pyridine rings is 1. The van der Waals surface area contributed by atoms with Gasteiger partial charge in [0.05, 0.1) is 6.42 Å². The highest BCUT2D eigenvalue weighted by molar-refractivity contribution is 5.79. The maximum atomic E-state index is 12.2. The molecule has 126 valence electrons. The van der Waals surface area contributed by atoms with E-state index in [-0.39, 0.29) is 23.8 Å². The predicted molar refractivity (Wildman–Crippen MR) is 88.2 cm³/mol. The van der Waals surface area contributed by atoms with Crippen LogP contribution in [0.4, 0.5) is 0 Å². The molecule has 0 atom stereocenters. The van der Waals surface area contributed by atoms with E-state index in [4.69, 9.17) is 0 Å². The van der Waals surface area contributed by atoms with Crippen LogP contribution in [0, 0.1) is 6.92 Å². The zero-order valence-corrected chi connectivity index (χ0v) is 13.5. The third-order valence-electron chi connectivity index (χ3n) is 3.29. The first-order valence-corrected chi connectivity index (χ1v) is 7.49. The van der Waals surface area contributed by atoms with Crippen LogP contribution in [0.15, 0.2) is 29.2 Å². The van der Waals surface area contributed by atoms with Crippen molar-refractivity contribution >= 4 is 11.8 Å². The predicted octanol–water partition coefficient (Wildman–Crippen LogP) is -0.0649. The van der Waals surface area contributed by atoms with Crippen molar-refractivity contribution < 1.29 is 9.59 Å². The molecule has 2 aromatic rings. The number of nitrogens with zero attached hydrogens (tertiary/aromatic N) is 2. The first kappa shape index (κ1) is 17.3. The molecule has 2 amide bonds.